The molecule has 2 N–H and O–H groups in total. The Kier molecular flexibility index (Phi) is 4.95. The second-order valence-corrected chi connectivity index (χ2v) is 4.84. The Hall–Kier alpha value is -0.680. The van der Waals surface area contributed by atoms with E-state index in [1.165, 1.54) is 6.07 Å². The van der Waals surface area contributed by atoms with Gasteiger partial charge in [0.2, 0.25) is 0 Å². The summed E-state index contributed by atoms with van der Waals surface area (Å²) in [6.07, 6.45) is 0.573. The normalized spacial score (nSPS) is 18.8. The summed E-state index contributed by atoms with van der Waals surface area (Å²) in [6.45, 7) is 3.67. The van der Waals surface area contributed by atoms with Crippen molar-refractivity contribution >= 4 is 11.6 Å². The van der Waals surface area contributed by atoms with Gasteiger partial charge < -0.3 is 10.4 Å². The average Bonchev–Trinajstić information content (AvgIpc) is 2.41. The minimum Gasteiger partial charge on any atom is -0.396 e. The number of aliphatic hydroxyl groups is 1. The van der Waals surface area contributed by atoms with Gasteiger partial charge in [-0.15, -0.1) is 0 Å². The molecule has 3 nitrogen and oxygen atoms in total. The number of aliphatic hydroxyl groups excluding tert-OH is 1. The summed E-state index contributed by atoms with van der Waals surface area (Å²) < 4.78 is 13.5. The highest BCUT2D eigenvalue weighted by Gasteiger charge is 2.24. The summed E-state index contributed by atoms with van der Waals surface area (Å²) in [6, 6.07) is 4.86. The van der Waals surface area contributed by atoms with Gasteiger partial charge in [0.25, 0.3) is 0 Å². The first-order chi connectivity index (χ1) is 8.74. The molecule has 0 unspecified atom stereocenters. The molecule has 0 bridgehead atoms. The summed E-state index contributed by atoms with van der Waals surface area (Å²) in [5.74, 6) is -0.396. The van der Waals surface area contributed by atoms with Gasteiger partial charge in [-0.1, -0.05) is 23.7 Å². The molecule has 1 aliphatic heterocycles. The molecule has 0 spiro atoms. The van der Waals surface area contributed by atoms with Crippen molar-refractivity contribution in [3.63, 3.8) is 0 Å². The van der Waals surface area contributed by atoms with Gasteiger partial charge in [-0.25, -0.2) is 4.39 Å². The van der Waals surface area contributed by atoms with Gasteiger partial charge in [0, 0.05) is 38.8 Å². The first kappa shape index (κ1) is 13.7. The molecular formula is C13H18ClFN2O. The van der Waals surface area contributed by atoms with Gasteiger partial charge in [0.1, 0.15) is 5.82 Å². The predicted octanol–water partition coefficient (Wildman–Crippen LogP) is 1.81. The largest absolute Gasteiger partial charge is 0.396 e. The molecule has 2 rings (SSSR count). The number of piperazine rings is 1. The summed E-state index contributed by atoms with van der Waals surface area (Å²) >= 11 is 6.04. The molecule has 1 fully saturated rings. The maximum absolute atomic E-state index is 13.5. The molecule has 0 aliphatic carbocycles. The summed E-state index contributed by atoms with van der Waals surface area (Å²) in [4.78, 5) is 2.24. The molecule has 0 aromatic heterocycles. The first-order valence-electron chi connectivity index (χ1n) is 6.23. The lowest BCUT2D eigenvalue weighted by molar-refractivity contribution is 0.141. The van der Waals surface area contributed by atoms with Crippen LogP contribution in [0.4, 0.5) is 4.39 Å². The third-order valence-corrected chi connectivity index (χ3v) is 3.73. The third-order valence-electron chi connectivity index (χ3n) is 3.34. The first-order valence-corrected chi connectivity index (χ1v) is 6.61. The van der Waals surface area contributed by atoms with E-state index in [0.29, 0.717) is 6.42 Å². The van der Waals surface area contributed by atoms with Crippen LogP contribution in [-0.2, 0) is 0 Å². The average molecular weight is 273 g/mol. The molecule has 5 heteroatoms. The van der Waals surface area contributed by atoms with Crippen molar-refractivity contribution in [2.45, 2.75) is 12.5 Å². The maximum atomic E-state index is 13.5. The highest BCUT2D eigenvalue weighted by molar-refractivity contribution is 6.31. The van der Waals surface area contributed by atoms with Crippen molar-refractivity contribution in [2.24, 2.45) is 0 Å². The van der Waals surface area contributed by atoms with Gasteiger partial charge in [-0.05, 0) is 18.1 Å². The fourth-order valence-corrected chi connectivity index (χ4v) is 2.68. The van der Waals surface area contributed by atoms with Crippen LogP contribution in [0.5, 0.6) is 0 Å². The number of hydrogen-bond donors (Lipinski definition) is 2. The topological polar surface area (TPSA) is 35.5 Å². The summed E-state index contributed by atoms with van der Waals surface area (Å²) in [5.41, 5.74) is 0.771. The van der Waals surface area contributed by atoms with E-state index in [4.69, 9.17) is 11.6 Å². The van der Waals surface area contributed by atoms with Crippen LogP contribution in [0.2, 0.25) is 5.02 Å². The van der Waals surface area contributed by atoms with Crippen molar-refractivity contribution in [3.8, 4) is 0 Å². The van der Waals surface area contributed by atoms with E-state index in [2.05, 4.69) is 10.2 Å². The molecule has 0 amide bonds. The third kappa shape index (κ3) is 3.01. The zero-order chi connectivity index (χ0) is 13.0. The zero-order valence-corrected chi connectivity index (χ0v) is 11.0. The molecule has 1 heterocycles. The van der Waals surface area contributed by atoms with E-state index >= 15 is 0 Å². The second kappa shape index (κ2) is 6.48. The van der Waals surface area contributed by atoms with Crippen molar-refractivity contribution in [1.82, 2.24) is 10.2 Å². The number of rotatable bonds is 4. The fourth-order valence-electron chi connectivity index (χ4n) is 2.43. The summed E-state index contributed by atoms with van der Waals surface area (Å²) in [7, 11) is 0. The number of halogens is 2. The highest BCUT2D eigenvalue weighted by atomic mass is 35.5. The van der Waals surface area contributed by atoms with E-state index in [1.54, 1.807) is 6.07 Å². The van der Waals surface area contributed by atoms with Crippen LogP contribution in [0.25, 0.3) is 0 Å². The van der Waals surface area contributed by atoms with Crippen LogP contribution in [0.3, 0.4) is 0 Å². The molecule has 1 aliphatic rings. The second-order valence-electron chi connectivity index (χ2n) is 4.46. The van der Waals surface area contributed by atoms with E-state index in [1.807, 2.05) is 6.07 Å². The van der Waals surface area contributed by atoms with Crippen LogP contribution in [0, 0.1) is 5.82 Å². The Labute approximate surface area is 112 Å². The fraction of sp³-hybridized carbons (Fsp3) is 0.538. The van der Waals surface area contributed by atoms with Crippen molar-refractivity contribution in [1.29, 1.82) is 0 Å². The number of hydrogen-bond acceptors (Lipinski definition) is 3. The van der Waals surface area contributed by atoms with Crippen LogP contribution < -0.4 is 5.32 Å². The van der Waals surface area contributed by atoms with Gasteiger partial charge >= 0.3 is 0 Å². The lowest BCUT2D eigenvalue weighted by atomic mass is 10.0. The Bertz CT molecular complexity index is 397. The Balaban J connectivity index is 2.25. The van der Waals surface area contributed by atoms with E-state index in [9.17, 15) is 9.50 Å². The van der Waals surface area contributed by atoms with Crippen LogP contribution in [0.1, 0.15) is 18.0 Å². The molecule has 1 aromatic rings. The zero-order valence-electron chi connectivity index (χ0n) is 10.2. The minimum absolute atomic E-state index is 0.0136. The number of nitrogens with one attached hydrogen (secondary N) is 1. The molecular weight excluding hydrogens is 255 g/mol. The van der Waals surface area contributed by atoms with Crippen molar-refractivity contribution in [2.75, 3.05) is 32.8 Å². The van der Waals surface area contributed by atoms with Gasteiger partial charge in [0.05, 0.1) is 5.02 Å². The highest BCUT2D eigenvalue weighted by Crippen LogP contribution is 2.31. The Morgan fingerprint density at radius 2 is 2.11 bits per heavy atom. The van der Waals surface area contributed by atoms with Crippen molar-refractivity contribution < 1.29 is 9.50 Å². The van der Waals surface area contributed by atoms with E-state index in [0.717, 1.165) is 31.7 Å². The quantitative estimate of drug-likeness (QED) is 0.878. The smallest absolute Gasteiger partial charge is 0.142 e. The minimum atomic E-state index is -0.396. The lowest BCUT2D eigenvalue weighted by Crippen LogP contribution is -2.45. The Morgan fingerprint density at radius 3 is 2.78 bits per heavy atom. The monoisotopic (exact) mass is 272 g/mol. The number of nitrogens with zero attached hydrogens (tertiary/aromatic N) is 1. The standard InChI is InChI=1S/C13H18ClFN2O/c14-13-10(2-1-3-11(13)15)12(4-9-18)17-7-5-16-6-8-17/h1-3,12,16,18H,4-9H2/t12-/m0/s1. The number of benzene rings is 1. The van der Waals surface area contributed by atoms with Gasteiger partial charge in [-0.3, -0.25) is 4.90 Å². The maximum Gasteiger partial charge on any atom is 0.142 e. The van der Waals surface area contributed by atoms with Gasteiger partial charge in [0.15, 0.2) is 0 Å². The molecule has 100 valence electrons. The molecule has 0 saturated carbocycles. The van der Waals surface area contributed by atoms with Crippen LogP contribution in [0.15, 0.2) is 18.2 Å². The molecule has 18 heavy (non-hydrogen) atoms. The summed E-state index contributed by atoms with van der Waals surface area (Å²) in [5, 5.41) is 12.7. The van der Waals surface area contributed by atoms with Crippen LogP contribution in [-0.4, -0.2) is 42.8 Å². The van der Waals surface area contributed by atoms with E-state index in [-0.39, 0.29) is 17.7 Å². The lowest BCUT2D eigenvalue weighted by Gasteiger charge is -2.35. The SMILES string of the molecule is OCC[C@@H](c1cccc(F)c1Cl)N1CCNCC1. The predicted molar refractivity (Wildman–Crippen MR) is 70.3 cm³/mol. The molecule has 1 aromatic carbocycles. The van der Waals surface area contributed by atoms with E-state index < -0.39 is 5.82 Å². The van der Waals surface area contributed by atoms with Crippen molar-refractivity contribution in [3.05, 3.63) is 34.6 Å². The molecule has 0 radical (unpaired) electrons. The Morgan fingerprint density at radius 1 is 1.39 bits per heavy atom. The molecule has 1 saturated heterocycles. The van der Waals surface area contributed by atoms with Gasteiger partial charge in [-0.2, -0.15) is 0 Å². The van der Waals surface area contributed by atoms with Crippen LogP contribution >= 0.6 is 11.6 Å². The molecule has 1 atom stereocenters.